The van der Waals surface area contributed by atoms with Gasteiger partial charge in [-0.2, -0.15) is 0 Å². The second-order valence-electron chi connectivity index (χ2n) is 4.86. The van der Waals surface area contributed by atoms with Gasteiger partial charge in [0.05, 0.1) is 19.3 Å². The van der Waals surface area contributed by atoms with Crippen molar-refractivity contribution in [2.45, 2.75) is 25.0 Å². The van der Waals surface area contributed by atoms with Crippen LogP contribution in [0.3, 0.4) is 0 Å². The van der Waals surface area contributed by atoms with Gasteiger partial charge in [0.1, 0.15) is 0 Å². The summed E-state index contributed by atoms with van der Waals surface area (Å²) < 4.78 is 5.58. The first-order chi connectivity index (χ1) is 9.35. The number of aliphatic hydroxyl groups excluding tert-OH is 1. The van der Waals surface area contributed by atoms with Gasteiger partial charge in [-0.25, -0.2) is 0 Å². The lowest BCUT2D eigenvalue weighted by molar-refractivity contribution is -0.0148. The van der Waals surface area contributed by atoms with E-state index in [2.05, 4.69) is 9.88 Å². The molecule has 1 saturated heterocycles. The van der Waals surface area contributed by atoms with Gasteiger partial charge in [-0.15, -0.1) is 0 Å². The van der Waals surface area contributed by atoms with Crippen molar-refractivity contribution in [3.8, 4) is 0 Å². The number of rotatable bonds is 6. The fraction of sp³-hybridized carbons (Fsp3) is 0.643. The van der Waals surface area contributed by atoms with E-state index in [-0.39, 0.29) is 18.8 Å². The smallest absolute Gasteiger partial charge is 0.0701 e. The summed E-state index contributed by atoms with van der Waals surface area (Å²) in [5.74, 6) is 0. The zero-order valence-electron chi connectivity index (χ0n) is 11.2. The quantitative estimate of drug-likeness (QED) is 0.786. The largest absolute Gasteiger partial charge is 0.394 e. The Kier molecular flexibility index (Phi) is 5.72. The molecule has 0 spiro atoms. The van der Waals surface area contributed by atoms with E-state index in [1.807, 2.05) is 24.5 Å². The van der Waals surface area contributed by atoms with Crippen LogP contribution in [0.5, 0.6) is 0 Å². The molecular formula is C14H23N3O2. The van der Waals surface area contributed by atoms with Crippen LogP contribution in [0.15, 0.2) is 24.5 Å². The summed E-state index contributed by atoms with van der Waals surface area (Å²) in [7, 11) is 0. The summed E-state index contributed by atoms with van der Waals surface area (Å²) in [4.78, 5) is 6.46. The third-order valence-corrected chi connectivity index (χ3v) is 3.68. The SMILES string of the molecule is NCC(c1ccncc1)N1CCC(OCCO)CC1. The molecule has 5 nitrogen and oxygen atoms in total. The van der Waals surface area contributed by atoms with Crippen molar-refractivity contribution in [1.29, 1.82) is 0 Å². The minimum Gasteiger partial charge on any atom is -0.394 e. The normalized spacial score (nSPS) is 19.5. The van der Waals surface area contributed by atoms with Gasteiger partial charge in [-0.3, -0.25) is 9.88 Å². The topological polar surface area (TPSA) is 71.6 Å². The van der Waals surface area contributed by atoms with Gasteiger partial charge in [0.15, 0.2) is 0 Å². The van der Waals surface area contributed by atoms with Gasteiger partial charge < -0.3 is 15.6 Å². The molecular weight excluding hydrogens is 242 g/mol. The van der Waals surface area contributed by atoms with E-state index in [4.69, 9.17) is 15.6 Å². The molecule has 2 rings (SSSR count). The Hall–Kier alpha value is -1.01. The Bertz CT molecular complexity index is 353. The highest BCUT2D eigenvalue weighted by Gasteiger charge is 2.25. The van der Waals surface area contributed by atoms with Crippen molar-refractivity contribution in [3.05, 3.63) is 30.1 Å². The van der Waals surface area contributed by atoms with Crippen molar-refractivity contribution >= 4 is 0 Å². The van der Waals surface area contributed by atoms with Crippen LogP contribution in [0, 0.1) is 0 Å². The summed E-state index contributed by atoms with van der Waals surface area (Å²) >= 11 is 0. The highest BCUT2D eigenvalue weighted by atomic mass is 16.5. The minimum atomic E-state index is 0.0999. The standard InChI is InChI=1S/C14H23N3O2/c15-11-14(12-1-5-16-6-2-12)17-7-3-13(4-8-17)19-10-9-18/h1-2,5-6,13-14,18H,3-4,7-11,15H2. The maximum atomic E-state index is 8.77. The van der Waals surface area contributed by atoms with Crippen molar-refractivity contribution in [2.75, 3.05) is 32.8 Å². The lowest BCUT2D eigenvalue weighted by Gasteiger charge is -2.37. The molecule has 19 heavy (non-hydrogen) atoms. The summed E-state index contributed by atoms with van der Waals surface area (Å²) in [6.07, 6.45) is 5.91. The molecule has 2 heterocycles. The number of pyridine rings is 1. The zero-order chi connectivity index (χ0) is 13.5. The van der Waals surface area contributed by atoms with Gasteiger partial charge in [0.2, 0.25) is 0 Å². The van der Waals surface area contributed by atoms with E-state index in [1.165, 1.54) is 5.56 Å². The monoisotopic (exact) mass is 265 g/mol. The van der Waals surface area contributed by atoms with Gasteiger partial charge >= 0.3 is 0 Å². The summed E-state index contributed by atoms with van der Waals surface area (Å²) in [6.45, 7) is 3.13. The fourth-order valence-corrected chi connectivity index (χ4v) is 2.66. The predicted molar refractivity (Wildman–Crippen MR) is 73.7 cm³/mol. The number of hydrogen-bond donors (Lipinski definition) is 2. The first kappa shape index (κ1) is 14.4. The van der Waals surface area contributed by atoms with E-state index in [1.54, 1.807) is 0 Å². The van der Waals surface area contributed by atoms with Crippen molar-refractivity contribution < 1.29 is 9.84 Å². The molecule has 1 aromatic heterocycles. The fourth-order valence-electron chi connectivity index (χ4n) is 2.66. The van der Waals surface area contributed by atoms with E-state index in [0.717, 1.165) is 25.9 Å². The van der Waals surface area contributed by atoms with Crippen LogP contribution in [0.1, 0.15) is 24.4 Å². The molecule has 1 unspecified atom stereocenters. The average molecular weight is 265 g/mol. The Labute approximate surface area is 114 Å². The molecule has 106 valence electrons. The number of nitrogens with zero attached hydrogens (tertiary/aromatic N) is 2. The number of ether oxygens (including phenoxy) is 1. The number of likely N-dealkylation sites (tertiary alicyclic amines) is 1. The van der Waals surface area contributed by atoms with Crippen LogP contribution in [-0.2, 0) is 4.74 Å². The highest BCUT2D eigenvalue weighted by molar-refractivity contribution is 5.15. The molecule has 1 aliphatic heterocycles. The van der Waals surface area contributed by atoms with Crippen molar-refractivity contribution in [3.63, 3.8) is 0 Å². The predicted octanol–water partition coefficient (Wildman–Crippen LogP) is 0.555. The van der Waals surface area contributed by atoms with Gasteiger partial charge in [0.25, 0.3) is 0 Å². The van der Waals surface area contributed by atoms with Gasteiger partial charge in [-0.1, -0.05) is 0 Å². The Balaban J connectivity index is 1.89. The molecule has 0 radical (unpaired) electrons. The Morgan fingerprint density at radius 2 is 2.05 bits per heavy atom. The van der Waals surface area contributed by atoms with E-state index >= 15 is 0 Å². The molecule has 1 atom stereocenters. The van der Waals surface area contributed by atoms with Crippen LogP contribution >= 0.6 is 0 Å². The highest BCUT2D eigenvalue weighted by Crippen LogP contribution is 2.24. The molecule has 5 heteroatoms. The van der Waals surface area contributed by atoms with E-state index < -0.39 is 0 Å². The van der Waals surface area contributed by atoms with Crippen LogP contribution in [0.4, 0.5) is 0 Å². The molecule has 3 N–H and O–H groups in total. The van der Waals surface area contributed by atoms with Crippen LogP contribution in [0.2, 0.25) is 0 Å². The molecule has 1 fully saturated rings. The Morgan fingerprint density at radius 1 is 1.37 bits per heavy atom. The van der Waals surface area contributed by atoms with Crippen molar-refractivity contribution in [2.24, 2.45) is 5.73 Å². The third-order valence-electron chi connectivity index (χ3n) is 3.68. The zero-order valence-corrected chi connectivity index (χ0v) is 11.2. The van der Waals surface area contributed by atoms with Gasteiger partial charge in [-0.05, 0) is 30.5 Å². The average Bonchev–Trinajstić information content (AvgIpc) is 2.48. The van der Waals surface area contributed by atoms with Crippen LogP contribution < -0.4 is 5.73 Å². The molecule has 1 aromatic rings. The minimum absolute atomic E-state index is 0.0999. The number of piperidine rings is 1. The van der Waals surface area contributed by atoms with E-state index in [0.29, 0.717) is 13.2 Å². The molecule has 0 aliphatic carbocycles. The molecule has 1 aliphatic rings. The van der Waals surface area contributed by atoms with Crippen LogP contribution in [0.25, 0.3) is 0 Å². The second-order valence-corrected chi connectivity index (χ2v) is 4.86. The summed E-state index contributed by atoms with van der Waals surface area (Å²) in [6, 6.07) is 4.33. The number of hydrogen-bond acceptors (Lipinski definition) is 5. The first-order valence-corrected chi connectivity index (χ1v) is 6.91. The number of aromatic nitrogens is 1. The third kappa shape index (κ3) is 3.98. The summed E-state index contributed by atoms with van der Waals surface area (Å²) in [5, 5.41) is 8.77. The lowest BCUT2D eigenvalue weighted by atomic mass is 10.0. The lowest BCUT2D eigenvalue weighted by Crippen LogP contribution is -2.42. The summed E-state index contributed by atoms with van der Waals surface area (Å²) in [5.41, 5.74) is 7.15. The number of aliphatic hydroxyl groups is 1. The number of nitrogens with two attached hydrogens (primary N) is 1. The molecule has 0 bridgehead atoms. The molecule has 0 aromatic carbocycles. The Morgan fingerprint density at radius 3 is 2.63 bits per heavy atom. The molecule has 0 saturated carbocycles. The van der Waals surface area contributed by atoms with Crippen LogP contribution in [-0.4, -0.2) is 53.9 Å². The van der Waals surface area contributed by atoms with Gasteiger partial charge in [0, 0.05) is 38.1 Å². The maximum Gasteiger partial charge on any atom is 0.0701 e. The van der Waals surface area contributed by atoms with Crippen molar-refractivity contribution in [1.82, 2.24) is 9.88 Å². The maximum absolute atomic E-state index is 8.77. The van der Waals surface area contributed by atoms with E-state index in [9.17, 15) is 0 Å². The second kappa shape index (κ2) is 7.55. The first-order valence-electron chi connectivity index (χ1n) is 6.91. The molecule has 0 amide bonds.